The first-order valence-electron chi connectivity index (χ1n) is 9.43. The second-order valence-corrected chi connectivity index (χ2v) is 7.92. The Kier molecular flexibility index (Phi) is 5.75. The number of hydrogen-bond donors (Lipinski definition) is 2. The van der Waals surface area contributed by atoms with Crippen LogP contribution in [0.1, 0.15) is 28.9 Å². The van der Waals surface area contributed by atoms with Crippen molar-refractivity contribution >= 4 is 23.3 Å². The zero-order valence-electron chi connectivity index (χ0n) is 15.2. The maximum atomic E-state index is 12.7. The van der Waals surface area contributed by atoms with Gasteiger partial charge in [0.2, 0.25) is 0 Å². The van der Waals surface area contributed by atoms with Crippen LogP contribution in [0.2, 0.25) is 0 Å². The van der Waals surface area contributed by atoms with Gasteiger partial charge in [-0.05, 0) is 56.1 Å². The van der Waals surface area contributed by atoms with E-state index in [4.69, 9.17) is 0 Å². The lowest BCUT2D eigenvalue weighted by Crippen LogP contribution is -2.38. The van der Waals surface area contributed by atoms with Crippen LogP contribution in [-0.4, -0.2) is 34.9 Å². The minimum absolute atomic E-state index is 0.0127. The van der Waals surface area contributed by atoms with Gasteiger partial charge in [0.05, 0.1) is 11.3 Å². The summed E-state index contributed by atoms with van der Waals surface area (Å²) >= 11 is 1.66. The molecule has 3 heterocycles. The first kappa shape index (κ1) is 18.1. The summed E-state index contributed by atoms with van der Waals surface area (Å²) in [7, 11) is 0. The van der Waals surface area contributed by atoms with Crippen LogP contribution in [0.25, 0.3) is 5.65 Å². The molecule has 1 fully saturated rings. The molecule has 2 N–H and O–H groups in total. The SMILES string of the molecule is O=C(NCC1CCCNC1)c1ccccc1SCc1cn2ccccc2n1. The van der Waals surface area contributed by atoms with Crippen LogP contribution in [0.3, 0.4) is 0 Å². The normalized spacial score (nSPS) is 17.1. The summed E-state index contributed by atoms with van der Waals surface area (Å²) in [5, 5.41) is 6.51. The molecule has 1 saturated heterocycles. The van der Waals surface area contributed by atoms with Crippen molar-refractivity contribution in [3.8, 4) is 0 Å². The molecule has 1 atom stereocenters. The van der Waals surface area contributed by atoms with Crippen LogP contribution in [0.15, 0.2) is 59.8 Å². The van der Waals surface area contributed by atoms with Gasteiger partial charge in [0.25, 0.3) is 5.91 Å². The molecule has 3 aromatic rings. The van der Waals surface area contributed by atoms with Gasteiger partial charge >= 0.3 is 0 Å². The monoisotopic (exact) mass is 380 g/mol. The Hall–Kier alpha value is -2.31. The minimum Gasteiger partial charge on any atom is -0.352 e. The fraction of sp³-hybridized carbons (Fsp3) is 0.333. The van der Waals surface area contributed by atoms with E-state index in [0.29, 0.717) is 5.92 Å². The highest BCUT2D eigenvalue weighted by Crippen LogP contribution is 2.26. The molecule has 1 aliphatic rings. The zero-order chi connectivity index (χ0) is 18.5. The smallest absolute Gasteiger partial charge is 0.252 e. The van der Waals surface area contributed by atoms with E-state index in [2.05, 4.69) is 15.6 Å². The van der Waals surface area contributed by atoms with Crippen molar-refractivity contribution in [3.63, 3.8) is 0 Å². The van der Waals surface area contributed by atoms with Crippen molar-refractivity contribution in [1.82, 2.24) is 20.0 Å². The van der Waals surface area contributed by atoms with E-state index >= 15 is 0 Å². The molecule has 140 valence electrons. The number of carbonyl (C=O) groups is 1. The quantitative estimate of drug-likeness (QED) is 0.644. The van der Waals surface area contributed by atoms with Crippen LogP contribution >= 0.6 is 11.8 Å². The maximum Gasteiger partial charge on any atom is 0.252 e. The van der Waals surface area contributed by atoms with E-state index in [1.54, 1.807) is 11.8 Å². The number of benzene rings is 1. The van der Waals surface area contributed by atoms with Crippen LogP contribution in [0, 0.1) is 5.92 Å². The highest BCUT2D eigenvalue weighted by Gasteiger charge is 2.16. The van der Waals surface area contributed by atoms with Crippen molar-refractivity contribution < 1.29 is 4.79 Å². The fourth-order valence-corrected chi connectivity index (χ4v) is 4.35. The number of piperidine rings is 1. The Bertz CT molecular complexity index is 884. The molecule has 0 aliphatic carbocycles. The Morgan fingerprint density at radius 2 is 2.15 bits per heavy atom. The number of pyridine rings is 1. The number of aromatic nitrogens is 2. The first-order chi connectivity index (χ1) is 13.3. The van der Waals surface area contributed by atoms with Crippen molar-refractivity contribution in [3.05, 3.63) is 66.1 Å². The Balaban J connectivity index is 1.40. The van der Waals surface area contributed by atoms with Crippen LogP contribution in [0.5, 0.6) is 0 Å². The number of rotatable bonds is 6. The maximum absolute atomic E-state index is 12.7. The fourth-order valence-electron chi connectivity index (χ4n) is 3.42. The van der Waals surface area contributed by atoms with Gasteiger partial charge in [0, 0.05) is 29.6 Å². The van der Waals surface area contributed by atoms with Crippen molar-refractivity contribution in [2.24, 2.45) is 5.92 Å². The number of nitrogens with zero attached hydrogens (tertiary/aromatic N) is 2. The van der Waals surface area contributed by atoms with Gasteiger partial charge < -0.3 is 15.0 Å². The van der Waals surface area contributed by atoms with E-state index in [0.717, 1.165) is 47.2 Å². The summed E-state index contributed by atoms with van der Waals surface area (Å²) in [4.78, 5) is 18.3. The number of fused-ring (bicyclic) bond motifs is 1. The van der Waals surface area contributed by atoms with E-state index in [9.17, 15) is 4.79 Å². The third-order valence-corrected chi connectivity index (χ3v) is 5.98. The van der Waals surface area contributed by atoms with Gasteiger partial charge in [-0.15, -0.1) is 11.8 Å². The highest BCUT2D eigenvalue weighted by molar-refractivity contribution is 7.98. The molecule has 0 spiro atoms. The summed E-state index contributed by atoms with van der Waals surface area (Å²) in [5.74, 6) is 1.28. The molecule has 1 amide bonds. The Morgan fingerprint density at radius 3 is 3.00 bits per heavy atom. The Morgan fingerprint density at radius 1 is 1.26 bits per heavy atom. The lowest BCUT2D eigenvalue weighted by molar-refractivity contribution is 0.0942. The number of thioether (sulfide) groups is 1. The summed E-state index contributed by atoms with van der Waals surface area (Å²) < 4.78 is 2.02. The lowest BCUT2D eigenvalue weighted by atomic mass is 10.00. The Labute approximate surface area is 163 Å². The number of imidazole rings is 1. The molecule has 1 unspecified atom stereocenters. The lowest BCUT2D eigenvalue weighted by Gasteiger charge is -2.23. The van der Waals surface area contributed by atoms with Crippen LogP contribution < -0.4 is 10.6 Å². The predicted octanol–water partition coefficient (Wildman–Crippen LogP) is 3.36. The van der Waals surface area contributed by atoms with Crippen molar-refractivity contribution in [1.29, 1.82) is 0 Å². The molecular formula is C21H24N4OS. The van der Waals surface area contributed by atoms with E-state index in [1.165, 1.54) is 12.8 Å². The average Bonchev–Trinajstić information content (AvgIpc) is 3.14. The molecule has 1 aromatic carbocycles. The third kappa shape index (κ3) is 4.51. The van der Waals surface area contributed by atoms with Gasteiger partial charge in [-0.25, -0.2) is 4.98 Å². The van der Waals surface area contributed by atoms with Crippen molar-refractivity contribution in [2.45, 2.75) is 23.5 Å². The molecule has 0 saturated carbocycles. The molecule has 6 heteroatoms. The largest absolute Gasteiger partial charge is 0.352 e. The highest BCUT2D eigenvalue weighted by atomic mass is 32.2. The first-order valence-corrected chi connectivity index (χ1v) is 10.4. The molecular weight excluding hydrogens is 356 g/mol. The topological polar surface area (TPSA) is 58.4 Å². The van der Waals surface area contributed by atoms with E-state index in [1.807, 2.05) is 59.3 Å². The van der Waals surface area contributed by atoms with Crippen molar-refractivity contribution in [2.75, 3.05) is 19.6 Å². The summed E-state index contributed by atoms with van der Waals surface area (Å²) in [6, 6.07) is 13.8. The average molecular weight is 381 g/mol. The second kappa shape index (κ2) is 8.59. The summed E-state index contributed by atoms with van der Waals surface area (Å²) in [6.45, 7) is 2.81. The molecule has 1 aliphatic heterocycles. The standard InChI is InChI=1S/C21H24N4OS/c26-21(23-13-16-6-5-10-22-12-16)18-7-1-2-8-19(18)27-15-17-14-25-11-4-3-9-20(25)24-17/h1-4,7-9,11,14,16,22H,5-6,10,12-13,15H2,(H,23,26). The molecule has 0 radical (unpaired) electrons. The summed E-state index contributed by atoms with van der Waals surface area (Å²) in [5.41, 5.74) is 2.70. The molecule has 27 heavy (non-hydrogen) atoms. The third-order valence-electron chi connectivity index (χ3n) is 4.87. The number of nitrogens with one attached hydrogen (secondary N) is 2. The van der Waals surface area contributed by atoms with Crippen LogP contribution in [0.4, 0.5) is 0 Å². The van der Waals surface area contributed by atoms with Gasteiger partial charge in [0.1, 0.15) is 5.65 Å². The molecule has 4 rings (SSSR count). The van der Waals surface area contributed by atoms with Gasteiger partial charge in [-0.3, -0.25) is 4.79 Å². The van der Waals surface area contributed by atoms with E-state index < -0.39 is 0 Å². The minimum atomic E-state index is 0.0127. The van der Waals surface area contributed by atoms with Gasteiger partial charge in [-0.1, -0.05) is 18.2 Å². The van der Waals surface area contributed by atoms with Gasteiger partial charge in [0.15, 0.2) is 0 Å². The zero-order valence-corrected chi connectivity index (χ0v) is 16.0. The second-order valence-electron chi connectivity index (χ2n) is 6.91. The van der Waals surface area contributed by atoms with E-state index in [-0.39, 0.29) is 5.91 Å². The van der Waals surface area contributed by atoms with Crippen LogP contribution in [-0.2, 0) is 5.75 Å². The number of carbonyl (C=O) groups excluding carboxylic acids is 1. The molecule has 2 aromatic heterocycles. The predicted molar refractivity (Wildman–Crippen MR) is 109 cm³/mol. The van der Waals surface area contributed by atoms with Gasteiger partial charge in [-0.2, -0.15) is 0 Å². The number of amides is 1. The molecule has 5 nitrogen and oxygen atoms in total. The molecule has 0 bridgehead atoms. The summed E-state index contributed by atoms with van der Waals surface area (Å²) in [6.07, 6.45) is 6.41. The number of hydrogen-bond acceptors (Lipinski definition) is 4.